The van der Waals surface area contributed by atoms with Gasteiger partial charge in [0, 0.05) is 35.2 Å². The largest absolute Gasteiger partial charge is 0.492 e. The molecule has 1 aromatic heterocycles. The first-order valence-corrected chi connectivity index (χ1v) is 13.4. The van der Waals surface area contributed by atoms with Crippen LogP contribution in [0.15, 0.2) is 71.8 Å². The minimum absolute atomic E-state index is 0.0658. The van der Waals surface area contributed by atoms with Gasteiger partial charge in [0.25, 0.3) is 0 Å². The van der Waals surface area contributed by atoms with Crippen LogP contribution >= 0.6 is 0 Å². The van der Waals surface area contributed by atoms with E-state index in [9.17, 15) is 18.6 Å². The molecule has 0 aliphatic carbocycles. The maximum absolute atomic E-state index is 13.6. The van der Waals surface area contributed by atoms with Crippen LogP contribution in [-0.2, 0) is 22.9 Å². The molecule has 4 aromatic rings. The maximum Gasteiger partial charge on any atom is 0.244 e. The Morgan fingerprint density at radius 1 is 1.08 bits per heavy atom. The number of aliphatic hydroxyl groups excluding tert-OH is 2. The van der Waals surface area contributed by atoms with Gasteiger partial charge in [-0.25, -0.2) is 13.1 Å². The Balaban J connectivity index is 1.44. The molecule has 0 amide bonds. The van der Waals surface area contributed by atoms with Crippen molar-refractivity contribution in [1.29, 1.82) is 0 Å². The molecule has 2 atom stereocenters. The zero-order valence-electron chi connectivity index (χ0n) is 19.9. The average molecular weight is 508 g/mol. The summed E-state index contributed by atoms with van der Waals surface area (Å²) >= 11 is 0. The molecule has 0 fully saturated rings. The predicted molar refractivity (Wildman–Crippen MR) is 140 cm³/mol. The molecule has 5 rings (SSSR count). The number of fused-ring (bicyclic) bond motifs is 2. The molecule has 5 N–H and O–H groups in total. The molecule has 0 bridgehead atoms. The van der Waals surface area contributed by atoms with Gasteiger partial charge in [0.2, 0.25) is 10.0 Å². The molecule has 3 aromatic carbocycles. The van der Waals surface area contributed by atoms with Gasteiger partial charge in [-0.05, 0) is 65.9 Å². The van der Waals surface area contributed by atoms with Crippen LogP contribution in [0, 0.1) is 0 Å². The second kappa shape index (κ2) is 9.94. The van der Waals surface area contributed by atoms with E-state index in [1.165, 1.54) is 0 Å². The number of nitrogens with one attached hydrogen (secondary N) is 3. The van der Waals surface area contributed by atoms with Crippen LogP contribution in [0.3, 0.4) is 0 Å². The van der Waals surface area contributed by atoms with E-state index in [0.29, 0.717) is 25.2 Å². The van der Waals surface area contributed by atoms with Gasteiger partial charge in [-0.15, -0.1) is 0 Å². The Hall–Kier alpha value is -3.37. The highest BCUT2D eigenvalue weighted by atomic mass is 32.2. The summed E-state index contributed by atoms with van der Waals surface area (Å²) in [5.41, 5.74) is 5.07. The van der Waals surface area contributed by atoms with E-state index in [0.717, 1.165) is 38.8 Å². The molecule has 9 heteroatoms. The normalized spacial score (nSPS) is 14.9. The Bertz CT molecular complexity index is 1480. The van der Waals surface area contributed by atoms with Gasteiger partial charge < -0.3 is 25.3 Å². The number of ether oxygens (including phenoxy) is 1. The van der Waals surface area contributed by atoms with Crippen molar-refractivity contribution in [2.24, 2.45) is 0 Å². The van der Waals surface area contributed by atoms with Crippen molar-refractivity contribution in [1.82, 2.24) is 9.71 Å². The number of hydrogen-bond acceptors (Lipinski definition) is 6. The highest BCUT2D eigenvalue weighted by Gasteiger charge is 2.29. The Morgan fingerprint density at radius 2 is 1.86 bits per heavy atom. The van der Waals surface area contributed by atoms with Crippen LogP contribution in [0.1, 0.15) is 18.1 Å². The molecule has 8 nitrogen and oxygen atoms in total. The van der Waals surface area contributed by atoms with E-state index >= 15 is 0 Å². The fraction of sp³-hybridized carbons (Fsp3) is 0.259. The molecular weight excluding hydrogens is 478 g/mol. The molecule has 0 saturated carbocycles. The van der Waals surface area contributed by atoms with E-state index in [4.69, 9.17) is 4.74 Å². The number of aromatic nitrogens is 1. The SMILES string of the molecule is CC(O)Nc1ccc(-c2cc3c(c(S(=O)(=O)N[C@@H](CO)Cc4c[nH]c5ccccc45)c2)OCC3)cc1. The lowest BCUT2D eigenvalue weighted by Crippen LogP contribution is -2.39. The Kier molecular flexibility index (Phi) is 6.72. The topological polar surface area (TPSA) is 124 Å². The van der Waals surface area contributed by atoms with Crippen LogP contribution < -0.4 is 14.8 Å². The third-order valence-electron chi connectivity index (χ3n) is 6.32. The van der Waals surface area contributed by atoms with Crippen molar-refractivity contribution in [2.45, 2.75) is 36.9 Å². The van der Waals surface area contributed by atoms with Crippen molar-refractivity contribution in [3.05, 3.63) is 78.0 Å². The molecule has 1 aliphatic heterocycles. The van der Waals surface area contributed by atoms with Gasteiger partial charge in [-0.3, -0.25) is 0 Å². The highest BCUT2D eigenvalue weighted by Crippen LogP contribution is 2.37. The van der Waals surface area contributed by atoms with Gasteiger partial charge in [-0.2, -0.15) is 0 Å². The standard InChI is InChI=1S/C27H29N3O5S/c1-17(32)29-22-8-6-18(7-9-22)20-12-19-10-11-35-27(19)26(14-20)36(33,34)30-23(16-31)13-21-15-28-25-5-3-2-4-24(21)25/h2-9,12,14-15,17,23,28-32H,10-11,13,16H2,1H3/t17?,23-/m1/s1. The first-order valence-electron chi connectivity index (χ1n) is 11.9. The van der Waals surface area contributed by atoms with Crippen molar-refractivity contribution in [3.8, 4) is 16.9 Å². The van der Waals surface area contributed by atoms with E-state index in [1.54, 1.807) is 13.0 Å². The minimum atomic E-state index is -4.00. The van der Waals surface area contributed by atoms with Crippen LogP contribution in [0.4, 0.5) is 5.69 Å². The first-order chi connectivity index (χ1) is 17.3. The lowest BCUT2D eigenvalue weighted by molar-refractivity contribution is 0.224. The molecular formula is C27H29N3O5S. The summed E-state index contributed by atoms with van der Waals surface area (Å²) in [6, 6.07) is 18.1. The van der Waals surface area contributed by atoms with Gasteiger partial charge >= 0.3 is 0 Å². The van der Waals surface area contributed by atoms with Gasteiger partial charge in [0.1, 0.15) is 16.9 Å². The second-order valence-corrected chi connectivity index (χ2v) is 10.7. The minimum Gasteiger partial charge on any atom is -0.492 e. The molecule has 0 saturated heterocycles. The quantitative estimate of drug-likeness (QED) is 0.221. The van der Waals surface area contributed by atoms with Crippen molar-refractivity contribution >= 4 is 26.6 Å². The van der Waals surface area contributed by atoms with Crippen LogP contribution in [0.5, 0.6) is 5.75 Å². The first kappa shape index (κ1) is 24.3. The van der Waals surface area contributed by atoms with E-state index in [1.807, 2.05) is 60.8 Å². The van der Waals surface area contributed by atoms with Gasteiger partial charge in [0.05, 0.1) is 13.2 Å². The number of anilines is 1. The molecule has 1 unspecified atom stereocenters. The smallest absolute Gasteiger partial charge is 0.244 e. The molecule has 0 radical (unpaired) electrons. The number of hydrogen-bond donors (Lipinski definition) is 5. The van der Waals surface area contributed by atoms with Crippen molar-refractivity contribution < 1.29 is 23.4 Å². The third-order valence-corrected chi connectivity index (χ3v) is 7.84. The third kappa shape index (κ3) is 4.96. The fourth-order valence-electron chi connectivity index (χ4n) is 4.63. The highest BCUT2D eigenvalue weighted by molar-refractivity contribution is 7.89. The Labute approximate surface area is 210 Å². The molecule has 2 heterocycles. The number of sulfonamides is 1. The van der Waals surface area contributed by atoms with Gasteiger partial charge in [0.15, 0.2) is 0 Å². The Morgan fingerprint density at radius 3 is 2.61 bits per heavy atom. The second-order valence-electron chi connectivity index (χ2n) is 9.02. The van der Waals surface area contributed by atoms with Gasteiger partial charge in [-0.1, -0.05) is 30.3 Å². The predicted octanol–water partition coefficient (Wildman–Crippen LogP) is 3.40. The fourth-order valence-corrected chi connectivity index (χ4v) is 6.07. The average Bonchev–Trinajstić information content (AvgIpc) is 3.50. The number of H-pyrrole nitrogens is 1. The number of aliphatic hydroxyl groups is 2. The van der Waals surface area contributed by atoms with E-state index in [-0.39, 0.29) is 11.5 Å². The number of benzene rings is 3. The molecule has 188 valence electrons. The molecule has 36 heavy (non-hydrogen) atoms. The van der Waals surface area contributed by atoms with Crippen molar-refractivity contribution in [2.75, 3.05) is 18.5 Å². The lowest BCUT2D eigenvalue weighted by atomic mass is 10.0. The molecule has 0 spiro atoms. The summed E-state index contributed by atoms with van der Waals surface area (Å²) in [5, 5.41) is 23.5. The zero-order chi connectivity index (χ0) is 25.3. The summed E-state index contributed by atoms with van der Waals surface area (Å²) in [4.78, 5) is 3.25. The summed E-state index contributed by atoms with van der Waals surface area (Å²) in [6.07, 6.45) is 2.12. The lowest BCUT2D eigenvalue weighted by Gasteiger charge is -2.18. The summed E-state index contributed by atoms with van der Waals surface area (Å²) < 4.78 is 35.5. The maximum atomic E-state index is 13.6. The van der Waals surface area contributed by atoms with Crippen LogP contribution in [0.25, 0.3) is 22.0 Å². The molecule has 1 aliphatic rings. The van der Waals surface area contributed by atoms with Crippen LogP contribution in [0.2, 0.25) is 0 Å². The van der Waals surface area contributed by atoms with Crippen molar-refractivity contribution in [3.63, 3.8) is 0 Å². The summed E-state index contributed by atoms with van der Waals surface area (Å²) in [6.45, 7) is 1.70. The summed E-state index contributed by atoms with van der Waals surface area (Å²) in [7, 11) is -4.00. The number of para-hydroxylation sites is 1. The number of rotatable bonds is 9. The van der Waals surface area contributed by atoms with E-state index in [2.05, 4.69) is 15.0 Å². The van der Waals surface area contributed by atoms with E-state index < -0.39 is 22.3 Å². The number of aromatic amines is 1. The summed E-state index contributed by atoms with van der Waals surface area (Å²) in [5.74, 6) is 0.363. The van der Waals surface area contributed by atoms with Crippen LogP contribution in [-0.4, -0.2) is 49.1 Å². The monoisotopic (exact) mass is 507 g/mol. The zero-order valence-corrected chi connectivity index (χ0v) is 20.7.